The fraction of sp³-hybridized carbons (Fsp3) is 0.312. The summed E-state index contributed by atoms with van der Waals surface area (Å²) >= 11 is 0. The third-order valence-corrected chi connectivity index (χ3v) is 2.76. The van der Waals surface area contributed by atoms with Crippen LogP contribution in [0, 0.1) is 17.2 Å². The molecule has 0 aliphatic carbocycles. The van der Waals surface area contributed by atoms with E-state index in [0.29, 0.717) is 12.4 Å². The normalized spacial score (nSPS) is 11.0. The van der Waals surface area contributed by atoms with E-state index in [1.165, 1.54) is 13.1 Å². The predicted molar refractivity (Wildman–Crippen MR) is 78.9 cm³/mol. The van der Waals surface area contributed by atoms with Crippen LogP contribution in [0.15, 0.2) is 35.9 Å². The third kappa shape index (κ3) is 4.77. The quantitative estimate of drug-likeness (QED) is 0.493. The maximum atomic E-state index is 12.2. The van der Waals surface area contributed by atoms with Crippen molar-refractivity contribution in [3.8, 4) is 11.8 Å². The molecule has 0 fully saturated rings. The molecular formula is C16H18N2O3. The Bertz CT molecular complexity index is 596. The van der Waals surface area contributed by atoms with Gasteiger partial charge in [0, 0.05) is 12.6 Å². The van der Waals surface area contributed by atoms with E-state index in [9.17, 15) is 9.59 Å². The molecule has 1 atom stereocenters. The number of carbonyl (C=O) groups excluding carboxylic acids is 2. The van der Waals surface area contributed by atoms with Crippen LogP contribution in [0.25, 0.3) is 0 Å². The molecule has 0 saturated heterocycles. The maximum Gasteiger partial charge on any atom is 0.245 e. The standard InChI is InChI=1S/C16H18N2O3/c1-11(2)7-8-21-13-6-4-5-12(9-13)15(19)14(10-17)16(20)18-3/h4-7,9,14H,8H2,1-3H3,(H,18,20). The Morgan fingerprint density at radius 3 is 2.71 bits per heavy atom. The van der Waals surface area contributed by atoms with Gasteiger partial charge < -0.3 is 10.1 Å². The SMILES string of the molecule is CNC(=O)C(C#N)C(=O)c1cccc(OCC=C(C)C)c1. The number of carbonyl (C=O) groups is 2. The molecule has 1 aromatic carbocycles. The highest BCUT2D eigenvalue weighted by Gasteiger charge is 2.26. The zero-order valence-electron chi connectivity index (χ0n) is 12.3. The fourth-order valence-electron chi connectivity index (χ4n) is 1.59. The van der Waals surface area contributed by atoms with E-state index < -0.39 is 17.6 Å². The summed E-state index contributed by atoms with van der Waals surface area (Å²) in [5.41, 5.74) is 1.41. The minimum absolute atomic E-state index is 0.278. The lowest BCUT2D eigenvalue weighted by Crippen LogP contribution is -2.32. The molecule has 5 heteroatoms. The van der Waals surface area contributed by atoms with Crippen molar-refractivity contribution >= 4 is 11.7 Å². The second-order valence-electron chi connectivity index (χ2n) is 4.66. The summed E-state index contributed by atoms with van der Waals surface area (Å²) in [5, 5.41) is 11.3. The van der Waals surface area contributed by atoms with Crippen LogP contribution in [0.5, 0.6) is 5.75 Å². The van der Waals surface area contributed by atoms with Gasteiger partial charge in [0.1, 0.15) is 12.4 Å². The van der Waals surface area contributed by atoms with E-state index in [2.05, 4.69) is 5.32 Å². The molecule has 1 rings (SSSR count). The minimum atomic E-state index is -1.34. The van der Waals surface area contributed by atoms with Gasteiger partial charge in [-0.3, -0.25) is 9.59 Å². The number of nitrogens with zero attached hydrogens (tertiary/aromatic N) is 1. The van der Waals surface area contributed by atoms with Crippen molar-refractivity contribution in [2.24, 2.45) is 5.92 Å². The smallest absolute Gasteiger partial charge is 0.245 e. The van der Waals surface area contributed by atoms with Crippen LogP contribution in [0.3, 0.4) is 0 Å². The van der Waals surface area contributed by atoms with Crippen molar-refractivity contribution in [2.75, 3.05) is 13.7 Å². The molecule has 1 aromatic rings. The largest absolute Gasteiger partial charge is 0.490 e. The minimum Gasteiger partial charge on any atom is -0.490 e. The highest BCUT2D eigenvalue weighted by molar-refractivity contribution is 6.12. The molecule has 1 unspecified atom stereocenters. The van der Waals surface area contributed by atoms with Gasteiger partial charge in [0.2, 0.25) is 5.91 Å². The summed E-state index contributed by atoms with van der Waals surface area (Å²) < 4.78 is 5.50. The summed E-state index contributed by atoms with van der Waals surface area (Å²) in [5.74, 6) is -1.97. The maximum absolute atomic E-state index is 12.2. The molecule has 1 amide bonds. The van der Waals surface area contributed by atoms with Crippen molar-refractivity contribution in [3.63, 3.8) is 0 Å². The molecule has 21 heavy (non-hydrogen) atoms. The number of nitrogens with one attached hydrogen (secondary N) is 1. The van der Waals surface area contributed by atoms with Crippen LogP contribution in [0.4, 0.5) is 0 Å². The van der Waals surface area contributed by atoms with Crippen LogP contribution in [0.2, 0.25) is 0 Å². The van der Waals surface area contributed by atoms with Crippen molar-refractivity contribution in [1.29, 1.82) is 5.26 Å². The second kappa shape index (κ2) is 7.85. The molecule has 0 aliphatic heterocycles. The topological polar surface area (TPSA) is 79.2 Å². The molecule has 5 nitrogen and oxygen atoms in total. The summed E-state index contributed by atoms with van der Waals surface area (Å²) in [7, 11) is 1.39. The van der Waals surface area contributed by atoms with Gasteiger partial charge in [0.05, 0.1) is 6.07 Å². The molecular weight excluding hydrogens is 268 g/mol. The van der Waals surface area contributed by atoms with E-state index in [1.54, 1.807) is 24.3 Å². The average Bonchev–Trinajstić information content (AvgIpc) is 2.47. The molecule has 0 heterocycles. The lowest BCUT2D eigenvalue weighted by Gasteiger charge is -2.09. The first-order chi connectivity index (χ1) is 9.99. The molecule has 0 radical (unpaired) electrons. The fourth-order valence-corrected chi connectivity index (χ4v) is 1.59. The van der Waals surface area contributed by atoms with Gasteiger partial charge in [-0.2, -0.15) is 5.26 Å². The predicted octanol–water partition coefficient (Wildman–Crippen LogP) is 2.10. The van der Waals surface area contributed by atoms with E-state index in [-0.39, 0.29) is 5.56 Å². The Balaban J connectivity index is 2.89. The number of Topliss-reactive ketones (excluding diaryl/α,β-unsaturated/α-hetero) is 1. The number of nitriles is 1. The zero-order chi connectivity index (χ0) is 15.8. The number of hydrogen-bond donors (Lipinski definition) is 1. The van der Waals surface area contributed by atoms with Gasteiger partial charge in [-0.05, 0) is 32.1 Å². The highest BCUT2D eigenvalue weighted by Crippen LogP contribution is 2.17. The Hall–Kier alpha value is -2.61. The first-order valence-electron chi connectivity index (χ1n) is 6.51. The number of ether oxygens (including phenoxy) is 1. The number of ketones is 1. The van der Waals surface area contributed by atoms with Crippen LogP contribution in [-0.2, 0) is 4.79 Å². The van der Waals surface area contributed by atoms with Crippen LogP contribution < -0.4 is 10.1 Å². The van der Waals surface area contributed by atoms with Crippen molar-refractivity contribution < 1.29 is 14.3 Å². The van der Waals surface area contributed by atoms with Crippen LogP contribution in [0.1, 0.15) is 24.2 Å². The first-order valence-corrected chi connectivity index (χ1v) is 6.51. The monoisotopic (exact) mass is 286 g/mol. The summed E-state index contributed by atoms with van der Waals surface area (Å²) in [6.45, 7) is 4.32. The number of allylic oxidation sites excluding steroid dienone is 1. The number of benzene rings is 1. The number of rotatable bonds is 6. The zero-order valence-corrected chi connectivity index (χ0v) is 12.3. The highest BCUT2D eigenvalue weighted by atomic mass is 16.5. The lowest BCUT2D eigenvalue weighted by molar-refractivity contribution is -0.121. The van der Waals surface area contributed by atoms with Gasteiger partial charge >= 0.3 is 0 Å². The van der Waals surface area contributed by atoms with E-state index >= 15 is 0 Å². The molecule has 110 valence electrons. The van der Waals surface area contributed by atoms with Gasteiger partial charge in [0.25, 0.3) is 0 Å². The van der Waals surface area contributed by atoms with Crippen molar-refractivity contribution in [3.05, 3.63) is 41.5 Å². The summed E-state index contributed by atoms with van der Waals surface area (Å²) in [4.78, 5) is 23.7. The summed E-state index contributed by atoms with van der Waals surface area (Å²) in [6, 6.07) is 8.19. The van der Waals surface area contributed by atoms with Gasteiger partial charge in [-0.1, -0.05) is 17.7 Å². The number of hydrogen-bond acceptors (Lipinski definition) is 4. The van der Waals surface area contributed by atoms with Crippen LogP contribution >= 0.6 is 0 Å². The first kappa shape index (κ1) is 16.4. The van der Waals surface area contributed by atoms with E-state index in [0.717, 1.165) is 5.57 Å². The second-order valence-corrected chi connectivity index (χ2v) is 4.66. The van der Waals surface area contributed by atoms with Gasteiger partial charge in [-0.15, -0.1) is 0 Å². The van der Waals surface area contributed by atoms with Crippen molar-refractivity contribution in [2.45, 2.75) is 13.8 Å². The molecule has 0 aliphatic rings. The molecule has 0 spiro atoms. The Morgan fingerprint density at radius 2 is 2.14 bits per heavy atom. The lowest BCUT2D eigenvalue weighted by atomic mass is 9.98. The molecule has 0 saturated carbocycles. The Kier molecular flexibility index (Phi) is 6.15. The van der Waals surface area contributed by atoms with E-state index in [1.807, 2.05) is 19.9 Å². The molecule has 0 aromatic heterocycles. The average molecular weight is 286 g/mol. The van der Waals surface area contributed by atoms with Gasteiger partial charge in [0.15, 0.2) is 11.7 Å². The van der Waals surface area contributed by atoms with Crippen LogP contribution in [-0.4, -0.2) is 25.3 Å². The third-order valence-electron chi connectivity index (χ3n) is 2.76. The van der Waals surface area contributed by atoms with Gasteiger partial charge in [-0.25, -0.2) is 0 Å². The van der Waals surface area contributed by atoms with E-state index in [4.69, 9.17) is 10.00 Å². The number of amides is 1. The summed E-state index contributed by atoms with van der Waals surface area (Å²) in [6.07, 6.45) is 1.91. The Labute approximate surface area is 124 Å². The molecule has 0 bridgehead atoms. The van der Waals surface area contributed by atoms with Crippen molar-refractivity contribution in [1.82, 2.24) is 5.32 Å². The Morgan fingerprint density at radius 1 is 1.43 bits per heavy atom. The molecule has 1 N–H and O–H groups in total.